The number of pyridine rings is 2. The van der Waals surface area contributed by atoms with Gasteiger partial charge in [0.05, 0.1) is 11.4 Å². The Morgan fingerprint density at radius 1 is 0.773 bits per heavy atom. The molecule has 3 aromatic heterocycles. The number of carbonyl (C=O) groups is 1. The molecule has 1 aliphatic rings. The molecule has 0 aliphatic carbocycles. The fraction of sp³-hybridized carbons (Fsp3) is 0.270. The van der Waals surface area contributed by atoms with Gasteiger partial charge in [0, 0.05) is 87.0 Å². The van der Waals surface area contributed by atoms with E-state index in [1.807, 2.05) is 48.9 Å². The van der Waals surface area contributed by atoms with Crippen LogP contribution in [0.2, 0.25) is 0 Å². The second-order valence-corrected chi connectivity index (χ2v) is 11.9. The molecule has 0 unspecified atom stereocenters. The molecule has 0 radical (unpaired) electrons. The van der Waals surface area contributed by atoms with Gasteiger partial charge < -0.3 is 4.90 Å². The van der Waals surface area contributed by atoms with E-state index in [0.717, 1.165) is 88.9 Å². The summed E-state index contributed by atoms with van der Waals surface area (Å²) in [6.45, 7) is 9.44. The van der Waals surface area contributed by atoms with E-state index in [2.05, 4.69) is 82.0 Å². The van der Waals surface area contributed by atoms with Gasteiger partial charge in [-0.3, -0.25) is 19.7 Å². The van der Waals surface area contributed by atoms with E-state index in [1.165, 1.54) is 5.56 Å². The molecule has 0 bridgehead atoms. The van der Waals surface area contributed by atoms with Crippen molar-refractivity contribution in [1.29, 1.82) is 0 Å². The highest BCUT2D eigenvalue weighted by molar-refractivity contribution is 5.97. The van der Waals surface area contributed by atoms with E-state index in [1.54, 1.807) is 6.20 Å². The van der Waals surface area contributed by atoms with Gasteiger partial charge in [0.15, 0.2) is 5.78 Å². The number of aromatic nitrogens is 4. The quantitative estimate of drug-likeness (QED) is 0.198. The number of ketones is 1. The van der Waals surface area contributed by atoms with Crippen molar-refractivity contribution in [3.8, 4) is 22.5 Å². The summed E-state index contributed by atoms with van der Waals surface area (Å²) in [4.78, 5) is 36.4. The monoisotopic (exact) mass is 582 g/mol. The van der Waals surface area contributed by atoms with E-state index in [4.69, 9.17) is 4.98 Å². The summed E-state index contributed by atoms with van der Waals surface area (Å²) >= 11 is 0. The Balaban J connectivity index is 1.13. The van der Waals surface area contributed by atoms with Crippen LogP contribution in [0.5, 0.6) is 0 Å². The number of piperazine rings is 1. The second kappa shape index (κ2) is 13.4. The highest BCUT2D eigenvalue weighted by atomic mass is 16.1. The lowest BCUT2D eigenvalue weighted by molar-refractivity contribution is 0.0993. The molecule has 7 nitrogen and oxygen atoms in total. The number of benzene rings is 2. The maximum Gasteiger partial charge on any atom is 0.167 e. The van der Waals surface area contributed by atoms with Gasteiger partial charge in [0.25, 0.3) is 0 Å². The standard InChI is InChI=1S/C37H38N6O/c1-26-10-12-39-35(18-26)33-21-32(23-38-24-33)34-11-13-40-37(41-34)22-31-19-29(5-4-27(31)2)20-36(44)30-8-6-28(7-9-30)25-43-16-14-42(3)15-17-43/h4-13,18-19,21,23-24H,14-17,20,22,25H2,1-3H3. The predicted octanol–water partition coefficient (Wildman–Crippen LogP) is 5.98. The van der Waals surface area contributed by atoms with Crippen molar-refractivity contribution in [3.05, 3.63) is 131 Å². The van der Waals surface area contributed by atoms with Crippen LogP contribution in [-0.4, -0.2) is 68.7 Å². The first kappa shape index (κ1) is 29.5. The van der Waals surface area contributed by atoms with Gasteiger partial charge in [-0.15, -0.1) is 0 Å². The Hall–Kier alpha value is -4.59. The molecule has 1 saturated heterocycles. The molecule has 1 fully saturated rings. The minimum absolute atomic E-state index is 0.125. The molecule has 4 heterocycles. The summed E-state index contributed by atoms with van der Waals surface area (Å²) in [5.74, 6) is 0.851. The number of aryl methyl sites for hydroxylation is 2. The summed E-state index contributed by atoms with van der Waals surface area (Å²) in [5.41, 5.74) is 9.99. The molecule has 2 aromatic carbocycles. The number of likely N-dealkylation sites (N-methyl/N-ethyl adjacent to an activating group) is 1. The van der Waals surface area contributed by atoms with Crippen LogP contribution in [-0.2, 0) is 19.4 Å². The maximum atomic E-state index is 13.2. The third-order valence-electron chi connectivity index (χ3n) is 8.36. The fourth-order valence-corrected chi connectivity index (χ4v) is 5.60. The number of Topliss-reactive ketones (excluding diaryl/α,β-unsaturated/α-hetero) is 1. The van der Waals surface area contributed by atoms with Gasteiger partial charge in [0.2, 0.25) is 0 Å². The van der Waals surface area contributed by atoms with Gasteiger partial charge in [0.1, 0.15) is 5.82 Å². The molecule has 44 heavy (non-hydrogen) atoms. The van der Waals surface area contributed by atoms with E-state index < -0.39 is 0 Å². The largest absolute Gasteiger partial charge is 0.304 e. The van der Waals surface area contributed by atoms with Crippen molar-refractivity contribution in [1.82, 2.24) is 29.7 Å². The summed E-state index contributed by atoms with van der Waals surface area (Å²) in [5, 5.41) is 0. The van der Waals surface area contributed by atoms with Gasteiger partial charge in [-0.25, -0.2) is 9.97 Å². The summed E-state index contributed by atoms with van der Waals surface area (Å²) in [6.07, 6.45) is 8.20. The molecule has 0 spiro atoms. The fourth-order valence-electron chi connectivity index (χ4n) is 5.60. The average Bonchev–Trinajstić information content (AvgIpc) is 3.04. The van der Waals surface area contributed by atoms with E-state index >= 15 is 0 Å². The van der Waals surface area contributed by atoms with Crippen molar-refractivity contribution >= 4 is 5.78 Å². The normalized spacial score (nSPS) is 14.1. The molecule has 222 valence electrons. The lowest BCUT2D eigenvalue weighted by Crippen LogP contribution is -2.43. The van der Waals surface area contributed by atoms with E-state index in [-0.39, 0.29) is 5.78 Å². The van der Waals surface area contributed by atoms with E-state index in [0.29, 0.717) is 12.8 Å². The highest BCUT2D eigenvalue weighted by Crippen LogP contribution is 2.24. The van der Waals surface area contributed by atoms with Crippen molar-refractivity contribution in [3.63, 3.8) is 0 Å². The topological polar surface area (TPSA) is 75.1 Å². The Morgan fingerprint density at radius 2 is 1.50 bits per heavy atom. The second-order valence-electron chi connectivity index (χ2n) is 11.9. The number of hydrogen-bond donors (Lipinski definition) is 0. The molecule has 0 atom stereocenters. The zero-order chi connectivity index (χ0) is 30.5. The number of rotatable bonds is 9. The average molecular weight is 583 g/mol. The minimum Gasteiger partial charge on any atom is -0.304 e. The molecule has 0 saturated carbocycles. The van der Waals surface area contributed by atoms with Gasteiger partial charge in [-0.2, -0.15) is 0 Å². The first-order chi connectivity index (χ1) is 21.4. The third-order valence-corrected chi connectivity index (χ3v) is 8.36. The smallest absolute Gasteiger partial charge is 0.167 e. The lowest BCUT2D eigenvalue weighted by Gasteiger charge is -2.32. The molecule has 0 N–H and O–H groups in total. The Kier molecular flexibility index (Phi) is 8.96. The minimum atomic E-state index is 0.125. The zero-order valence-corrected chi connectivity index (χ0v) is 25.7. The lowest BCUT2D eigenvalue weighted by atomic mass is 9.97. The molecule has 6 rings (SSSR count). The van der Waals surface area contributed by atoms with Crippen LogP contribution >= 0.6 is 0 Å². The predicted molar refractivity (Wildman–Crippen MR) is 174 cm³/mol. The summed E-state index contributed by atoms with van der Waals surface area (Å²) in [6, 6.07) is 22.4. The molecular weight excluding hydrogens is 544 g/mol. The van der Waals surface area contributed by atoms with Crippen LogP contribution in [0.15, 0.2) is 91.5 Å². The van der Waals surface area contributed by atoms with Gasteiger partial charge in [-0.1, -0.05) is 42.5 Å². The van der Waals surface area contributed by atoms with Crippen LogP contribution in [0.3, 0.4) is 0 Å². The van der Waals surface area contributed by atoms with Crippen LogP contribution in [0.4, 0.5) is 0 Å². The third kappa shape index (κ3) is 7.30. The molecule has 1 aliphatic heterocycles. The summed E-state index contributed by atoms with van der Waals surface area (Å²) < 4.78 is 0. The Labute approximate surface area is 259 Å². The molecule has 5 aromatic rings. The van der Waals surface area contributed by atoms with Crippen molar-refractivity contribution in [2.24, 2.45) is 0 Å². The van der Waals surface area contributed by atoms with E-state index in [9.17, 15) is 4.79 Å². The van der Waals surface area contributed by atoms with Crippen molar-refractivity contribution < 1.29 is 4.79 Å². The molecule has 7 heteroatoms. The van der Waals surface area contributed by atoms with Crippen LogP contribution in [0.1, 0.15) is 44.0 Å². The number of hydrogen-bond acceptors (Lipinski definition) is 7. The Morgan fingerprint density at radius 3 is 2.27 bits per heavy atom. The first-order valence-electron chi connectivity index (χ1n) is 15.2. The van der Waals surface area contributed by atoms with Crippen LogP contribution in [0, 0.1) is 13.8 Å². The SMILES string of the molecule is Cc1ccnc(-c2cncc(-c3ccnc(Cc4cc(CC(=O)c5ccc(CN6CCN(C)CC6)cc5)ccc4C)n3)c2)c1. The molecule has 0 amide bonds. The van der Waals surface area contributed by atoms with Gasteiger partial charge in [-0.05, 0) is 73.0 Å². The van der Waals surface area contributed by atoms with Crippen molar-refractivity contribution in [2.75, 3.05) is 33.2 Å². The summed E-state index contributed by atoms with van der Waals surface area (Å²) in [7, 11) is 2.17. The number of carbonyl (C=O) groups excluding carboxylic acids is 1. The van der Waals surface area contributed by atoms with Gasteiger partial charge >= 0.3 is 0 Å². The Bertz CT molecular complexity index is 1760. The number of nitrogens with zero attached hydrogens (tertiary/aromatic N) is 6. The molecular formula is C37H38N6O. The van der Waals surface area contributed by atoms with Crippen LogP contribution in [0.25, 0.3) is 22.5 Å². The first-order valence-corrected chi connectivity index (χ1v) is 15.2. The maximum absolute atomic E-state index is 13.2. The zero-order valence-electron chi connectivity index (χ0n) is 25.7. The van der Waals surface area contributed by atoms with Crippen molar-refractivity contribution in [2.45, 2.75) is 33.2 Å². The van der Waals surface area contributed by atoms with Crippen LogP contribution < -0.4 is 0 Å². The highest BCUT2D eigenvalue weighted by Gasteiger charge is 2.15.